The third-order valence-electron chi connectivity index (χ3n) is 6.61. The Bertz CT molecular complexity index is 1550. The summed E-state index contributed by atoms with van der Waals surface area (Å²) in [5, 5.41) is 0. The zero-order chi connectivity index (χ0) is 34.3. The van der Waals surface area contributed by atoms with Gasteiger partial charge in [-0.05, 0) is 62.7 Å². The van der Waals surface area contributed by atoms with Crippen LogP contribution in [0.25, 0.3) is 11.0 Å². The molecular formula is C29H34BrN5O11. The molecule has 2 heterocycles. The van der Waals surface area contributed by atoms with Gasteiger partial charge < -0.3 is 23.7 Å². The molecule has 46 heavy (non-hydrogen) atoms. The van der Waals surface area contributed by atoms with E-state index in [1.165, 1.54) is 50.8 Å². The molecule has 0 N–H and O–H groups in total. The highest BCUT2D eigenvalue weighted by atomic mass is 79.9. The summed E-state index contributed by atoms with van der Waals surface area (Å²) in [6.07, 6.45) is -3.37. The van der Waals surface area contributed by atoms with Crippen LogP contribution in [-0.2, 0) is 52.5 Å². The molecule has 1 aromatic heterocycles. The van der Waals surface area contributed by atoms with E-state index in [0.29, 0.717) is 21.2 Å². The fourth-order valence-electron chi connectivity index (χ4n) is 4.06. The van der Waals surface area contributed by atoms with Crippen LogP contribution in [0.1, 0.15) is 41.5 Å². The molecule has 2 aromatic rings. The third-order valence-corrected chi connectivity index (χ3v) is 7.39. The Morgan fingerprint density at radius 3 is 1.74 bits per heavy atom. The molecule has 1 fully saturated rings. The number of nitrogens with zero attached hydrogens (tertiary/aromatic N) is 5. The number of carbonyl (C=O) groups excluding carboxylic acids is 6. The Balaban J connectivity index is 1.75. The van der Waals surface area contributed by atoms with Gasteiger partial charge in [0, 0.05) is 39.5 Å². The number of aromatic nitrogens is 2. The van der Waals surface area contributed by atoms with Crippen molar-refractivity contribution in [3.05, 3.63) is 29.0 Å². The quantitative estimate of drug-likeness (QED) is 0.243. The second-order valence-electron chi connectivity index (χ2n) is 10.1. The van der Waals surface area contributed by atoms with Crippen molar-refractivity contribution in [2.75, 3.05) is 20.2 Å². The number of guanidine groups is 1. The Morgan fingerprint density at radius 2 is 1.22 bits per heavy atom. The number of hydrogen-bond donors (Lipinski definition) is 0. The van der Waals surface area contributed by atoms with E-state index < -0.39 is 66.2 Å². The smallest absolute Gasteiger partial charge is 0.347 e. The molecular weight excluding hydrogens is 674 g/mol. The Kier molecular flexibility index (Phi) is 12.2. The molecule has 0 radical (unpaired) electrons. The zero-order valence-electron chi connectivity index (χ0n) is 26.2. The van der Waals surface area contributed by atoms with Gasteiger partial charge >= 0.3 is 23.9 Å². The van der Waals surface area contributed by atoms with Crippen molar-refractivity contribution in [2.45, 2.75) is 72.1 Å². The molecule has 1 aliphatic heterocycles. The van der Waals surface area contributed by atoms with Crippen LogP contribution in [0.5, 0.6) is 0 Å². The van der Waals surface area contributed by atoms with Crippen molar-refractivity contribution >= 4 is 74.3 Å². The standard InChI is InChI=1S/C29H34BrN5O11/c1-14(42-7)24(37)34-12-13-35(29(34)33-20-8-9-21-23(22(20)30)32-11-10-31-21)25(38)15(2)44-27(40)17(4)46-28(41)18(5)45-26(39)16(3)43-19(6)36/h8-11,14-18H,12-13H2,1-7H3/t14-,15-,16-,17-,18-/m0/s1. The lowest BCUT2D eigenvalue weighted by atomic mass is 10.2. The number of aliphatic imine (C=N–C) groups is 1. The molecule has 1 saturated heterocycles. The fraction of sp³-hybridized carbons (Fsp3) is 0.483. The van der Waals surface area contributed by atoms with Crippen LogP contribution in [0.3, 0.4) is 0 Å². The van der Waals surface area contributed by atoms with Crippen LogP contribution in [-0.4, -0.2) is 112 Å². The maximum Gasteiger partial charge on any atom is 0.347 e. The first-order valence-electron chi connectivity index (χ1n) is 14.1. The minimum absolute atomic E-state index is 0.0242. The van der Waals surface area contributed by atoms with Gasteiger partial charge in [0.1, 0.15) is 11.6 Å². The van der Waals surface area contributed by atoms with E-state index in [1.54, 1.807) is 25.3 Å². The summed E-state index contributed by atoms with van der Waals surface area (Å²) in [6, 6.07) is 3.33. The number of esters is 4. The number of carbonyl (C=O) groups is 6. The summed E-state index contributed by atoms with van der Waals surface area (Å²) in [5.74, 6) is -5.02. The first-order chi connectivity index (χ1) is 21.7. The van der Waals surface area contributed by atoms with Gasteiger partial charge in [0.05, 0.1) is 15.7 Å². The van der Waals surface area contributed by atoms with E-state index >= 15 is 0 Å². The molecule has 0 spiro atoms. The highest BCUT2D eigenvalue weighted by Gasteiger charge is 2.40. The number of benzene rings is 1. The normalized spacial score (nSPS) is 17.1. The predicted octanol–water partition coefficient (Wildman–Crippen LogP) is 1.83. The SMILES string of the molecule is CO[C@@H](C)C(=O)N1CCN(C(=O)[C@H](C)OC(=O)[C@H](C)OC(=O)[C@H](C)OC(=O)[C@H](C)OC(C)=O)C1=Nc1ccc2nccnc2c1Br. The van der Waals surface area contributed by atoms with Gasteiger partial charge in [-0.1, -0.05) is 0 Å². The number of amides is 2. The Hall–Kier alpha value is -4.51. The van der Waals surface area contributed by atoms with Crippen LogP contribution in [0, 0.1) is 0 Å². The van der Waals surface area contributed by atoms with Crippen molar-refractivity contribution in [1.82, 2.24) is 19.8 Å². The van der Waals surface area contributed by atoms with Crippen LogP contribution < -0.4 is 0 Å². The van der Waals surface area contributed by atoms with Gasteiger partial charge in [-0.25, -0.2) is 19.4 Å². The van der Waals surface area contributed by atoms with E-state index in [2.05, 4.69) is 30.9 Å². The molecule has 1 aliphatic rings. The minimum Gasteiger partial charge on any atom is -0.451 e. The third kappa shape index (κ3) is 8.60. The first-order valence-corrected chi connectivity index (χ1v) is 14.9. The summed E-state index contributed by atoms with van der Waals surface area (Å²) in [4.78, 5) is 90.6. The Labute approximate surface area is 272 Å². The van der Waals surface area contributed by atoms with Gasteiger partial charge in [0.15, 0.2) is 24.4 Å². The fourth-order valence-corrected chi connectivity index (χ4v) is 4.59. The zero-order valence-corrected chi connectivity index (χ0v) is 27.8. The molecule has 0 aliphatic carbocycles. The largest absolute Gasteiger partial charge is 0.451 e. The first kappa shape index (κ1) is 36.0. The lowest BCUT2D eigenvalue weighted by Crippen LogP contribution is -2.47. The van der Waals surface area contributed by atoms with Crippen LogP contribution in [0.4, 0.5) is 5.69 Å². The van der Waals surface area contributed by atoms with Crippen LogP contribution >= 0.6 is 15.9 Å². The molecule has 0 bridgehead atoms. The highest BCUT2D eigenvalue weighted by Crippen LogP contribution is 2.32. The van der Waals surface area contributed by atoms with Crippen molar-refractivity contribution in [2.24, 2.45) is 4.99 Å². The number of fused-ring (bicyclic) bond motifs is 1. The van der Waals surface area contributed by atoms with Crippen molar-refractivity contribution in [3.63, 3.8) is 0 Å². The summed E-state index contributed by atoms with van der Waals surface area (Å²) >= 11 is 3.48. The van der Waals surface area contributed by atoms with Gasteiger partial charge in [-0.15, -0.1) is 0 Å². The lowest BCUT2D eigenvalue weighted by Gasteiger charge is -2.25. The van der Waals surface area contributed by atoms with Crippen molar-refractivity contribution in [1.29, 1.82) is 0 Å². The summed E-state index contributed by atoms with van der Waals surface area (Å²) < 4.78 is 25.6. The van der Waals surface area contributed by atoms with Crippen LogP contribution in [0.2, 0.25) is 0 Å². The van der Waals surface area contributed by atoms with Crippen molar-refractivity contribution < 1.29 is 52.5 Å². The topological polar surface area (TPSA) is 193 Å². The van der Waals surface area contributed by atoms with E-state index in [1.807, 2.05) is 0 Å². The summed E-state index contributed by atoms with van der Waals surface area (Å²) in [7, 11) is 1.38. The van der Waals surface area contributed by atoms with Crippen molar-refractivity contribution in [3.8, 4) is 0 Å². The molecule has 3 rings (SSSR count). The Morgan fingerprint density at radius 1 is 0.739 bits per heavy atom. The molecule has 0 saturated carbocycles. The number of rotatable bonds is 11. The average Bonchev–Trinajstić information content (AvgIpc) is 3.43. The van der Waals surface area contributed by atoms with E-state index in [-0.39, 0.29) is 19.0 Å². The predicted molar refractivity (Wildman–Crippen MR) is 162 cm³/mol. The van der Waals surface area contributed by atoms with Gasteiger partial charge in [-0.2, -0.15) is 0 Å². The maximum absolute atomic E-state index is 13.6. The molecule has 5 atom stereocenters. The average molecular weight is 709 g/mol. The summed E-state index contributed by atoms with van der Waals surface area (Å²) in [6.45, 7) is 7.78. The second-order valence-corrected chi connectivity index (χ2v) is 10.9. The number of halogens is 1. The van der Waals surface area contributed by atoms with E-state index in [0.717, 1.165) is 6.92 Å². The minimum atomic E-state index is -1.49. The van der Waals surface area contributed by atoms with Gasteiger partial charge in [0.2, 0.25) is 5.96 Å². The molecule has 248 valence electrons. The van der Waals surface area contributed by atoms with Crippen LogP contribution in [0.15, 0.2) is 34.0 Å². The highest BCUT2D eigenvalue weighted by molar-refractivity contribution is 9.10. The number of ether oxygens (including phenoxy) is 5. The van der Waals surface area contributed by atoms with Gasteiger partial charge in [0.25, 0.3) is 11.8 Å². The molecule has 17 heteroatoms. The number of methoxy groups -OCH3 is 1. The molecule has 16 nitrogen and oxygen atoms in total. The van der Waals surface area contributed by atoms with E-state index in [9.17, 15) is 28.8 Å². The second kappa shape index (κ2) is 15.7. The van der Waals surface area contributed by atoms with E-state index in [4.69, 9.17) is 23.7 Å². The number of hydrogen-bond acceptors (Lipinski definition) is 14. The maximum atomic E-state index is 13.6. The molecule has 0 unspecified atom stereocenters. The summed E-state index contributed by atoms with van der Waals surface area (Å²) in [5.41, 5.74) is 1.46. The van der Waals surface area contributed by atoms with Gasteiger partial charge in [-0.3, -0.25) is 34.2 Å². The lowest BCUT2D eigenvalue weighted by molar-refractivity contribution is -0.183. The monoisotopic (exact) mass is 707 g/mol. The molecule has 2 amide bonds. The molecule has 1 aromatic carbocycles.